The van der Waals surface area contributed by atoms with Gasteiger partial charge in [-0.1, -0.05) is 13.3 Å². The molecular weight excluding hydrogens is 206 g/mol. The van der Waals surface area contributed by atoms with Gasteiger partial charge in [-0.25, -0.2) is 0 Å². The minimum atomic E-state index is 0.422. The van der Waals surface area contributed by atoms with Gasteiger partial charge in [0.05, 0.1) is 6.61 Å². The molecule has 5 nitrogen and oxygen atoms in total. The van der Waals surface area contributed by atoms with Crippen LogP contribution in [0.25, 0.3) is 0 Å². The minimum Gasteiger partial charge on any atom is -0.423 e. The predicted octanol–water partition coefficient (Wildman–Crippen LogP) is 1.29. The fraction of sp³-hybridized carbons (Fsp3) is 0.818. The fourth-order valence-electron chi connectivity index (χ4n) is 1.84. The lowest BCUT2D eigenvalue weighted by Gasteiger charge is -2.22. The average Bonchev–Trinajstić information content (AvgIpc) is 2.78. The second kappa shape index (κ2) is 5.96. The third-order valence-corrected chi connectivity index (χ3v) is 2.77. The number of nitrogens with zero attached hydrogens (tertiary/aromatic N) is 2. The van der Waals surface area contributed by atoms with Gasteiger partial charge in [-0.3, -0.25) is 0 Å². The Labute approximate surface area is 95.6 Å². The van der Waals surface area contributed by atoms with Crippen LogP contribution in [0, 0.1) is 0 Å². The third kappa shape index (κ3) is 3.28. The van der Waals surface area contributed by atoms with Crippen LogP contribution < -0.4 is 5.32 Å². The average molecular weight is 225 g/mol. The molecule has 1 fully saturated rings. The summed E-state index contributed by atoms with van der Waals surface area (Å²) in [7, 11) is 0. The first kappa shape index (κ1) is 11.5. The second-order valence-corrected chi connectivity index (χ2v) is 4.11. The number of aryl methyl sites for hydroxylation is 1. The fourth-order valence-corrected chi connectivity index (χ4v) is 1.84. The van der Waals surface area contributed by atoms with Gasteiger partial charge >= 0.3 is 0 Å². The molecule has 0 saturated carbocycles. The molecule has 1 saturated heterocycles. The monoisotopic (exact) mass is 225 g/mol. The van der Waals surface area contributed by atoms with Crippen LogP contribution in [0.3, 0.4) is 0 Å². The van der Waals surface area contributed by atoms with Gasteiger partial charge < -0.3 is 14.5 Å². The van der Waals surface area contributed by atoms with Crippen LogP contribution in [0.5, 0.6) is 0 Å². The lowest BCUT2D eigenvalue weighted by molar-refractivity contribution is 0.0761. The van der Waals surface area contributed by atoms with Crippen molar-refractivity contribution < 1.29 is 9.15 Å². The van der Waals surface area contributed by atoms with Gasteiger partial charge in [0, 0.05) is 12.5 Å². The van der Waals surface area contributed by atoms with E-state index < -0.39 is 0 Å². The molecule has 5 heteroatoms. The van der Waals surface area contributed by atoms with Crippen LogP contribution in [0.4, 0.5) is 0 Å². The Morgan fingerprint density at radius 2 is 2.25 bits per heavy atom. The van der Waals surface area contributed by atoms with Crippen LogP contribution >= 0.6 is 0 Å². The van der Waals surface area contributed by atoms with Crippen molar-refractivity contribution in [1.29, 1.82) is 0 Å². The van der Waals surface area contributed by atoms with E-state index in [1.165, 1.54) is 19.3 Å². The Morgan fingerprint density at radius 3 is 2.94 bits per heavy atom. The Bertz CT molecular complexity index is 308. The summed E-state index contributed by atoms with van der Waals surface area (Å²) in [4.78, 5) is 0. The Hall–Kier alpha value is -0.940. The smallest absolute Gasteiger partial charge is 0.242 e. The molecule has 2 heterocycles. The van der Waals surface area contributed by atoms with Crippen LogP contribution in [-0.2, 0) is 17.8 Å². The second-order valence-electron chi connectivity index (χ2n) is 4.11. The number of rotatable bonds is 5. The van der Waals surface area contributed by atoms with Gasteiger partial charge in [0.2, 0.25) is 11.8 Å². The highest BCUT2D eigenvalue weighted by atomic mass is 16.5. The number of ether oxygens (including phenoxy) is 1. The summed E-state index contributed by atoms with van der Waals surface area (Å²) < 4.78 is 10.9. The maximum absolute atomic E-state index is 5.56. The molecule has 1 N–H and O–H groups in total. The molecule has 0 radical (unpaired) electrons. The van der Waals surface area contributed by atoms with E-state index in [0.29, 0.717) is 24.4 Å². The zero-order valence-corrected chi connectivity index (χ0v) is 9.74. The molecule has 0 aliphatic carbocycles. The third-order valence-electron chi connectivity index (χ3n) is 2.77. The standard InChI is InChI=1S/C11H19N3O2/c1-2-10-13-14-11(16-10)8-15-7-9-5-3-4-6-12-9/h9,12H,2-8H2,1H3. The van der Waals surface area contributed by atoms with Crippen LogP contribution in [0.2, 0.25) is 0 Å². The molecule has 90 valence electrons. The van der Waals surface area contributed by atoms with E-state index in [1.807, 2.05) is 6.92 Å². The molecule has 16 heavy (non-hydrogen) atoms. The normalized spacial score (nSPS) is 21.2. The Morgan fingerprint density at radius 1 is 1.38 bits per heavy atom. The maximum Gasteiger partial charge on any atom is 0.242 e. The van der Waals surface area contributed by atoms with Crippen molar-refractivity contribution in [2.24, 2.45) is 0 Å². The van der Waals surface area contributed by atoms with Crippen molar-refractivity contribution in [3.63, 3.8) is 0 Å². The zero-order chi connectivity index (χ0) is 11.2. The quantitative estimate of drug-likeness (QED) is 0.818. The van der Waals surface area contributed by atoms with Gasteiger partial charge in [0.1, 0.15) is 6.61 Å². The highest BCUT2D eigenvalue weighted by Crippen LogP contribution is 2.08. The van der Waals surface area contributed by atoms with E-state index in [1.54, 1.807) is 0 Å². The SMILES string of the molecule is CCc1nnc(COCC2CCCCN2)o1. The summed E-state index contributed by atoms with van der Waals surface area (Å²) >= 11 is 0. The molecule has 1 aliphatic rings. The van der Waals surface area contributed by atoms with Crippen molar-refractivity contribution in [2.75, 3.05) is 13.2 Å². The van der Waals surface area contributed by atoms with Crippen molar-refractivity contribution >= 4 is 0 Å². The van der Waals surface area contributed by atoms with Crippen molar-refractivity contribution in [3.05, 3.63) is 11.8 Å². The van der Waals surface area contributed by atoms with E-state index in [-0.39, 0.29) is 0 Å². The van der Waals surface area contributed by atoms with Crippen molar-refractivity contribution in [2.45, 2.75) is 45.3 Å². The molecule has 1 aliphatic heterocycles. The largest absolute Gasteiger partial charge is 0.423 e. The van der Waals surface area contributed by atoms with E-state index in [0.717, 1.165) is 19.6 Å². The van der Waals surface area contributed by atoms with Gasteiger partial charge in [0.15, 0.2) is 0 Å². The molecule has 1 aromatic heterocycles. The van der Waals surface area contributed by atoms with E-state index in [9.17, 15) is 0 Å². The van der Waals surface area contributed by atoms with Crippen molar-refractivity contribution in [3.8, 4) is 0 Å². The highest BCUT2D eigenvalue weighted by Gasteiger charge is 2.13. The summed E-state index contributed by atoms with van der Waals surface area (Å²) in [5.74, 6) is 1.25. The predicted molar refractivity (Wildman–Crippen MR) is 59.0 cm³/mol. The lowest BCUT2D eigenvalue weighted by atomic mass is 10.1. The summed E-state index contributed by atoms with van der Waals surface area (Å²) in [6.07, 6.45) is 4.54. The number of nitrogens with one attached hydrogen (secondary N) is 1. The van der Waals surface area contributed by atoms with E-state index >= 15 is 0 Å². The topological polar surface area (TPSA) is 60.2 Å². The summed E-state index contributed by atoms with van der Waals surface area (Å²) in [5, 5.41) is 11.2. The first-order chi connectivity index (χ1) is 7.88. The molecule has 1 aromatic rings. The molecular formula is C11H19N3O2. The van der Waals surface area contributed by atoms with Crippen LogP contribution in [-0.4, -0.2) is 29.4 Å². The lowest BCUT2D eigenvalue weighted by Crippen LogP contribution is -2.37. The molecule has 2 rings (SSSR count). The highest BCUT2D eigenvalue weighted by molar-refractivity contribution is 4.79. The van der Waals surface area contributed by atoms with E-state index in [4.69, 9.17) is 9.15 Å². The van der Waals surface area contributed by atoms with Crippen LogP contribution in [0.15, 0.2) is 4.42 Å². The molecule has 1 atom stereocenters. The zero-order valence-electron chi connectivity index (χ0n) is 9.74. The van der Waals surface area contributed by atoms with Crippen molar-refractivity contribution in [1.82, 2.24) is 15.5 Å². The maximum atomic E-state index is 5.56. The minimum absolute atomic E-state index is 0.422. The number of hydrogen-bond acceptors (Lipinski definition) is 5. The number of piperidine rings is 1. The summed E-state index contributed by atoms with van der Waals surface area (Å²) in [5.41, 5.74) is 0. The van der Waals surface area contributed by atoms with Gasteiger partial charge in [0.25, 0.3) is 0 Å². The molecule has 1 unspecified atom stereocenters. The first-order valence-corrected chi connectivity index (χ1v) is 6.01. The summed E-state index contributed by atoms with van der Waals surface area (Å²) in [6.45, 7) is 4.24. The number of hydrogen-bond donors (Lipinski definition) is 1. The molecule has 0 bridgehead atoms. The Kier molecular flexibility index (Phi) is 4.30. The number of aromatic nitrogens is 2. The first-order valence-electron chi connectivity index (χ1n) is 6.01. The Balaban J connectivity index is 1.66. The van der Waals surface area contributed by atoms with E-state index in [2.05, 4.69) is 15.5 Å². The molecule has 0 amide bonds. The molecule has 0 aromatic carbocycles. The van der Waals surface area contributed by atoms with Gasteiger partial charge in [-0.15, -0.1) is 10.2 Å². The van der Waals surface area contributed by atoms with Gasteiger partial charge in [-0.05, 0) is 19.4 Å². The molecule has 0 spiro atoms. The summed E-state index contributed by atoms with van der Waals surface area (Å²) in [6, 6.07) is 0.488. The van der Waals surface area contributed by atoms with Crippen LogP contribution in [0.1, 0.15) is 38.0 Å². The van der Waals surface area contributed by atoms with Gasteiger partial charge in [-0.2, -0.15) is 0 Å².